The standard InChI is InChI=1S/C19H15N3O4/c23-14-9-8-13(17(24)10-14)11-20-22-19(26)18(25)21-16-7-3-5-12-4-1-2-6-15(12)16/h1-11,23-24H,(H,21,25)(H,22,26). The van der Waals surface area contributed by atoms with Crippen LogP contribution >= 0.6 is 0 Å². The van der Waals surface area contributed by atoms with Gasteiger partial charge in [0, 0.05) is 22.7 Å². The number of fused-ring (bicyclic) bond motifs is 1. The third kappa shape index (κ3) is 3.78. The third-order valence-electron chi connectivity index (χ3n) is 3.63. The Morgan fingerprint density at radius 3 is 2.50 bits per heavy atom. The number of aromatic hydroxyl groups is 2. The topological polar surface area (TPSA) is 111 Å². The van der Waals surface area contributed by atoms with Crippen LogP contribution in [0.5, 0.6) is 11.5 Å². The molecule has 0 bridgehead atoms. The molecule has 0 radical (unpaired) electrons. The Bertz CT molecular complexity index is 1010. The second-order valence-corrected chi connectivity index (χ2v) is 5.42. The molecule has 7 heteroatoms. The van der Waals surface area contributed by atoms with Crippen LogP contribution in [0.3, 0.4) is 0 Å². The molecule has 0 aliphatic rings. The van der Waals surface area contributed by atoms with Crippen molar-refractivity contribution in [2.75, 3.05) is 5.32 Å². The van der Waals surface area contributed by atoms with Gasteiger partial charge in [-0.05, 0) is 23.6 Å². The van der Waals surface area contributed by atoms with E-state index in [2.05, 4.69) is 15.8 Å². The number of carbonyl (C=O) groups excluding carboxylic acids is 2. The first-order valence-electron chi connectivity index (χ1n) is 7.69. The Morgan fingerprint density at radius 1 is 0.923 bits per heavy atom. The number of amides is 2. The first-order valence-corrected chi connectivity index (χ1v) is 7.69. The summed E-state index contributed by atoms with van der Waals surface area (Å²) < 4.78 is 0. The van der Waals surface area contributed by atoms with Gasteiger partial charge in [0.15, 0.2) is 0 Å². The van der Waals surface area contributed by atoms with Gasteiger partial charge < -0.3 is 15.5 Å². The maximum absolute atomic E-state index is 12.0. The molecule has 0 aliphatic carbocycles. The summed E-state index contributed by atoms with van der Waals surface area (Å²) >= 11 is 0. The average molecular weight is 349 g/mol. The van der Waals surface area contributed by atoms with E-state index in [0.29, 0.717) is 5.69 Å². The molecular weight excluding hydrogens is 334 g/mol. The number of hydrazone groups is 1. The van der Waals surface area contributed by atoms with Crippen LogP contribution in [0, 0.1) is 0 Å². The zero-order chi connectivity index (χ0) is 18.5. The van der Waals surface area contributed by atoms with Gasteiger partial charge >= 0.3 is 11.8 Å². The normalized spacial score (nSPS) is 10.8. The predicted molar refractivity (Wildman–Crippen MR) is 98.1 cm³/mol. The fourth-order valence-corrected chi connectivity index (χ4v) is 2.37. The van der Waals surface area contributed by atoms with Crippen LogP contribution in [-0.2, 0) is 9.59 Å². The molecule has 0 heterocycles. The van der Waals surface area contributed by atoms with E-state index in [0.717, 1.165) is 23.1 Å². The van der Waals surface area contributed by atoms with E-state index in [-0.39, 0.29) is 17.1 Å². The highest BCUT2D eigenvalue weighted by Crippen LogP contribution is 2.23. The van der Waals surface area contributed by atoms with Crippen molar-refractivity contribution in [3.05, 3.63) is 66.2 Å². The molecule has 0 fully saturated rings. The molecule has 0 aliphatic heterocycles. The van der Waals surface area contributed by atoms with E-state index in [1.165, 1.54) is 12.1 Å². The summed E-state index contributed by atoms with van der Waals surface area (Å²) in [5.41, 5.74) is 2.88. The van der Waals surface area contributed by atoms with Gasteiger partial charge in [0.05, 0.1) is 6.21 Å². The molecular formula is C19H15N3O4. The number of carbonyl (C=O) groups is 2. The maximum atomic E-state index is 12.0. The lowest BCUT2D eigenvalue weighted by Gasteiger charge is -2.07. The highest BCUT2D eigenvalue weighted by atomic mass is 16.3. The number of benzene rings is 3. The number of hydrogen-bond acceptors (Lipinski definition) is 5. The molecule has 0 unspecified atom stereocenters. The number of rotatable bonds is 3. The minimum absolute atomic E-state index is 0.0989. The largest absolute Gasteiger partial charge is 0.508 e. The second kappa shape index (κ2) is 7.35. The van der Waals surface area contributed by atoms with E-state index in [9.17, 15) is 19.8 Å². The van der Waals surface area contributed by atoms with Gasteiger partial charge in [0.2, 0.25) is 0 Å². The van der Waals surface area contributed by atoms with E-state index < -0.39 is 11.8 Å². The second-order valence-electron chi connectivity index (χ2n) is 5.42. The smallest absolute Gasteiger partial charge is 0.329 e. The van der Waals surface area contributed by atoms with Gasteiger partial charge in [-0.2, -0.15) is 5.10 Å². The summed E-state index contributed by atoms with van der Waals surface area (Å²) in [5.74, 6) is -2.12. The van der Waals surface area contributed by atoms with Gasteiger partial charge in [-0.25, -0.2) is 5.43 Å². The first-order chi connectivity index (χ1) is 12.5. The highest BCUT2D eigenvalue weighted by molar-refractivity contribution is 6.40. The lowest BCUT2D eigenvalue weighted by atomic mass is 10.1. The minimum Gasteiger partial charge on any atom is -0.508 e. The molecule has 3 rings (SSSR count). The molecule has 7 nitrogen and oxygen atoms in total. The zero-order valence-electron chi connectivity index (χ0n) is 13.5. The molecule has 3 aromatic rings. The van der Waals surface area contributed by atoms with Gasteiger partial charge in [-0.3, -0.25) is 9.59 Å². The Hall–Kier alpha value is -3.87. The fraction of sp³-hybridized carbons (Fsp3) is 0. The Morgan fingerprint density at radius 2 is 1.69 bits per heavy atom. The number of nitrogens with one attached hydrogen (secondary N) is 2. The first kappa shape index (κ1) is 17.0. The van der Waals surface area contributed by atoms with Crippen molar-refractivity contribution in [1.29, 1.82) is 0 Å². The molecule has 3 aromatic carbocycles. The van der Waals surface area contributed by atoms with Gasteiger partial charge in [-0.15, -0.1) is 0 Å². The molecule has 0 atom stereocenters. The van der Waals surface area contributed by atoms with E-state index in [1.54, 1.807) is 12.1 Å². The summed E-state index contributed by atoms with van der Waals surface area (Å²) in [6.45, 7) is 0. The Balaban J connectivity index is 1.66. The van der Waals surface area contributed by atoms with Crippen molar-refractivity contribution in [3.8, 4) is 11.5 Å². The van der Waals surface area contributed by atoms with Crippen LogP contribution in [0.4, 0.5) is 5.69 Å². The Kier molecular flexibility index (Phi) is 4.80. The number of nitrogens with zero attached hydrogens (tertiary/aromatic N) is 1. The monoisotopic (exact) mass is 349 g/mol. The summed E-state index contributed by atoms with van der Waals surface area (Å²) in [6, 6.07) is 16.8. The maximum Gasteiger partial charge on any atom is 0.329 e. The van der Waals surface area contributed by atoms with Gasteiger partial charge in [-0.1, -0.05) is 36.4 Å². The summed E-state index contributed by atoms with van der Waals surface area (Å²) in [6.07, 6.45) is 1.16. The van der Waals surface area contributed by atoms with Crippen LogP contribution in [0.2, 0.25) is 0 Å². The van der Waals surface area contributed by atoms with Crippen molar-refractivity contribution in [1.82, 2.24) is 5.43 Å². The van der Waals surface area contributed by atoms with Crippen molar-refractivity contribution in [3.63, 3.8) is 0 Å². The van der Waals surface area contributed by atoms with Gasteiger partial charge in [0.25, 0.3) is 0 Å². The number of phenols is 2. The summed E-state index contributed by atoms with van der Waals surface area (Å²) in [5, 5.41) is 26.8. The van der Waals surface area contributed by atoms with Crippen LogP contribution < -0.4 is 10.7 Å². The molecule has 26 heavy (non-hydrogen) atoms. The average Bonchev–Trinajstić information content (AvgIpc) is 2.63. The van der Waals surface area contributed by atoms with Crippen LogP contribution in [0.15, 0.2) is 65.8 Å². The van der Waals surface area contributed by atoms with Crippen molar-refractivity contribution in [2.24, 2.45) is 5.10 Å². The number of phenolic OH excluding ortho intramolecular Hbond substituents is 2. The van der Waals surface area contributed by atoms with E-state index in [4.69, 9.17) is 0 Å². The lowest BCUT2D eigenvalue weighted by Crippen LogP contribution is -2.32. The van der Waals surface area contributed by atoms with Crippen LogP contribution in [0.1, 0.15) is 5.56 Å². The lowest BCUT2D eigenvalue weighted by molar-refractivity contribution is -0.136. The van der Waals surface area contributed by atoms with Gasteiger partial charge in [0.1, 0.15) is 11.5 Å². The molecule has 130 valence electrons. The van der Waals surface area contributed by atoms with E-state index in [1.807, 2.05) is 30.3 Å². The molecule has 0 saturated heterocycles. The van der Waals surface area contributed by atoms with Crippen molar-refractivity contribution in [2.45, 2.75) is 0 Å². The minimum atomic E-state index is -0.951. The summed E-state index contributed by atoms with van der Waals surface area (Å²) in [7, 11) is 0. The van der Waals surface area contributed by atoms with Crippen molar-refractivity contribution >= 4 is 34.5 Å². The SMILES string of the molecule is O=C(NN=Cc1ccc(O)cc1O)C(=O)Nc1cccc2ccccc12. The number of anilines is 1. The van der Waals surface area contributed by atoms with Crippen molar-refractivity contribution < 1.29 is 19.8 Å². The molecule has 0 aromatic heterocycles. The summed E-state index contributed by atoms with van der Waals surface area (Å²) in [4.78, 5) is 23.9. The predicted octanol–water partition coefficient (Wildman–Crippen LogP) is 2.34. The molecule has 4 N–H and O–H groups in total. The van der Waals surface area contributed by atoms with E-state index >= 15 is 0 Å². The molecule has 2 amide bonds. The third-order valence-corrected chi connectivity index (χ3v) is 3.63. The quantitative estimate of drug-likeness (QED) is 0.330. The molecule has 0 spiro atoms. The van der Waals surface area contributed by atoms with Crippen LogP contribution in [0.25, 0.3) is 10.8 Å². The molecule has 0 saturated carbocycles. The highest BCUT2D eigenvalue weighted by Gasteiger charge is 2.14. The number of hydrogen-bond donors (Lipinski definition) is 4. The fourth-order valence-electron chi connectivity index (χ4n) is 2.37. The zero-order valence-corrected chi connectivity index (χ0v) is 13.5. The van der Waals surface area contributed by atoms with Crippen LogP contribution in [-0.4, -0.2) is 28.2 Å². The Labute approximate surface area is 148 Å².